The normalized spacial score (nSPS) is 37.9. The minimum atomic E-state index is -1.48. The fourth-order valence-electron chi connectivity index (χ4n) is 6.19. The molecular weight excluding hydrogens is 608 g/mol. The van der Waals surface area contributed by atoms with Gasteiger partial charge in [-0.1, -0.05) is 12.1 Å². The van der Waals surface area contributed by atoms with Crippen molar-refractivity contribution in [2.24, 2.45) is 11.8 Å². The Morgan fingerprint density at radius 1 is 0.674 bits per heavy atom. The van der Waals surface area contributed by atoms with Crippen molar-refractivity contribution < 1.29 is 68.9 Å². The second kappa shape index (κ2) is 14.6. The molecule has 3 fully saturated rings. The topological polar surface area (TPSA) is 206 Å². The number of ether oxygens (including phenoxy) is 7. The van der Waals surface area contributed by atoms with E-state index >= 15 is 0 Å². The number of hydrogen-bond donors (Lipinski definition) is 7. The molecule has 0 aliphatic carbocycles. The summed E-state index contributed by atoms with van der Waals surface area (Å²) >= 11 is 0. The highest BCUT2D eigenvalue weighted by molar-refractivity contribution is 5.45. The Labute approximate surface area is 266 Å². The monoisotopic (exact) mass is 652 g/mol. The molecule has 3 heterocycles. The van der Waals surface area contributed by atoms with Crippen molar-refractivity contribution in [2.45, 2.75) is 87.8 Å². The van der Waals surface area contributed by atoms with Gasteiger partial charge in [0.15, 0.2) is 23.0 Å². The molecule has 3 saturated heterocycles. The first-order chi connectivity index (χ1) is 22.0. The molecule has 0 aromatic heterocycles. The smallest absolute Gasteiger partial charge is 0.229 e. The summed E-state index contributed by atoms with van der Waals surface area (Å²) < 4.78 is 40.0. The van der Waals surface area contributed by atoms with Gasteiger partial charge in [-0.25, -0.2) is 0 Å². The lowest BCUT2D eigenvalue weighted by atomic mass is 9.84. The van der Waals surface area contributed by atoms with Gasteiger partial charge in [0.2, 0.25) is 12.6 Å². The van der Waals surface area contributed by atoms with Crippen LogP contribution in [-0.4, -0.2) is 125 Å². The van der Waals surface area contributed by atoms with E-state index in [0.29, 0.717) is 24.5 Å². The minimum absolute atomic E-state index is 0.0606. The van der Waals surface area contributed by atoms with Crippen LogP contribution in [0.4, 0.5) is 0 Å². The molecule has 13 atom stereocenters. The third kappa shape index (κ3) is 6.92. The number of benzene rings is 2. The van der Waals surface area contributed by atoms with Crippen LogP contribution in [0.2, 0.25) is 0 Å². The maximum atomic E-state index is 10.4. The van der Waals surface area contributed by atoms with Crippen LogP contribution in [0.15, 0.2) is 36.4 Å². The zero-order valence-corrected chi connectivity index (χ0v) is 26.1. The van der Waals surface area contributed by atoms with E-state index in [4.69, 9.17) is 33.2 Å². The molecule has 0 saturated carbocycles. The molecule has 256 valence electrons. The molecule has 0 amide bonds. The quantitative estimate of drug-likeness (QED) is 0.175. The summed E-state index contributed by atoms with van der Waals surface area (Å²) in [6.45, 7) is 3.36. The molecular formula is C32H44O14. The largest absolute Gasteiger partial charge is 0.493 e. The number of hydrogen-bond acceptors (Lipinski definition) is 14. The Bertz CT molecular complexity index is 1310. The number of methoxy groups -OCH3 is 2. The molecule has 46 heavy (non-hydrogen) atoms. The van der Waals surface area contributed by atoms with E-state index in [1.807, 2.05) is 6.07 Å². The maximum absolute atomic E-state index is 10.4. The number of aliphatic hydroxyl groups is 7. The first-order valence-electron chi connectivity index (χ1n) is 15.3. The Morgan fingerprint density at radius 3 is 1.72 bits per heavy atom. The van der Waals surface area contributed by atoms with Crippen molar-refractivity contribution >= 4 is 0 Å². The van der Waals surface area contributed by atoms with E-state index in [1.165, 1.54) is 14.2 Å². The highest BCUT2D eigenvalue weighted by Gasteiger charge is 2.45. The summed E-state index contributed by atoms with van der Waals surface area (Å²) in [5.41, 5.74) is 1.63. The SMILES string of the molecule is COc1cc(C[C@H]2CO[C@H](c3ccc(O[C@@H]4O[C@@H](C)[C@H](O)[C@@H](O)[C@H]4O)c(OC)c3)[C@H]2CO)ccc1O[C@H]1O[C@H](C)[C@@H](O)[C@H](O)[C@@H]1O. The van der Waals surface area contributed by atoms with E-state index in [-0.39, 0.29) is 29.9 Å². The molecule has 7 N–H and O–H groups in total. The maximum Gasteiger partial charge on any atom is 0.229 e. The van der Waals surface area contributed by atoms with E-state index in [1.54, 1.807) is 44.2 Å². The molecule has 0 spiro atoms. The molecule has 3 aliphatic rings. The Balaban J connectivity index is 1.26. The van der Waals surface area contributed by atoms with Crippen LogP contribution in [0.25, 0.3) is 0 Å². The molecule has 14 heteroatoms. The van der Waals surface area contributed by atoms with Crippen molar-refractivity contribution in [2.75, 3.05) is 27.4 Å². The fraction of sp³-hybridized carbons (Fsp3) is 0.625. The van der Waals surface area contributed by atoms with Gasteiger partial charge < -0.3 is 68.9 Å². The molecule has 2 aromatic carbocycles. The first-order valence-corrected chi connectivity index (χ1v) is 15.3. The minimum Gasteiger partial charge on any atom is -0.493 e. The third-order valence-electron chi connectivity index (χ3n) is 9.04. The summed E-state index contributed by atoms with van der Waals surface area (Å²) in [7, 11) is 2.94. The van der Waals surface area contributed by atoms with Crippen molar-refractivity contribution in [1.82, 2.24) is 0 Å². The van der Waals surface area contributed by atoms with Gasteiger partial charge in [0, 0.05) is 12.5 Å². The van der Waals surface area contributed by atoms with Gasteiger partial charge in [0.05, 0.1) is 39.1 Å². The summed E-state index contributed by atoms with van der Waals surface area (Å²) in [6, 6.07) is 10.4. The van der Waals surface area contributed by atoms with Crippen molar-refractivity contribution in [3.05, 3.63) is 47.5 Å². The highest BCUT2D eigenvalue weighted by atomic mass is 16.7. The van der Waals surface area contributed by atoms with Crippen molar-refractivity contribution in [1.29, 1.82) is 0 Å². The number of rotatable bonds is 10. The summed E-state index contributed by atoms with van der Waals surface area (Å²) in [4.78, 5) is 0. The summed E-state index contributed by atoms with van der Waals surface area (Å²) in [5.74, 6) is 0.914. The molecule has 0 unspecified atom stereocenters. The van der Waals surface area contributed by atoms with Gasteiger partial charge in [0.1, 0.15) is 36.6 Å². The van der Waals surface area contributed by atoms with Crippen LogP contribution < -0.4 is 18.9 Å². The number of aliphatic hydroxyl groups excluding tert-OH is 7. The van der Waals surface area contributed by atoms with Crippen molar-refractivity contribution in [3.8, 4) is 23.0 Å². The van der Waals surface area contributed by atoms with Gasteiger partial charge in [-0.15, -0.1) is 0 Å². The predicted octanol–water partition coefficient (Wildman–Crippen LogP) is -0.345. The van der Waals surface area contributed by atoms with Crippen LogP contribution >= 0.6 is 0 Å². The zero-order valence-electron chi connectivity index (χ0n) is 26.1. The van der Waals surface area contributed by atoms with Crippen LogP contribution in [-0.2, 0) is 20.6 Å². The average molecular weight is 653 g/mol. The molecule has 2 aromatic rings. The molecule has 0 radical (unpaired) electrons. The zero-order chi connectivity index (χ0) is 33.3. The summed E-state index contributed by atoms with van der Waals surface area (Å²) in [5, 5.41) is 71.3. The van der Waals surface area contributed by atoms with Gasteiger partial charge in [0.25, 0.3) is 0 Å². The van der Waals surface area contributed by atoms with Gasteiger partial charge in [-0.05, 0) is 61.6 Å². The second-order valence-corrected chi connectivity index (χ2v) is 12.1. The molecule has 5 rings (SSSR count). The van der Waals surface area contributed by atoms with Crippen LogP contribution in [0.3, 0.4) is 0 Å². The third-order valence-corrected chi connectivity index (χ3v) is 9.04. The molecule has 14 nitrogen and oxygen atoms in total. The van der Waals surface area contributed by atoms with Gasteiger partial charge in [-0.3, -0.25) is 0 Å². The first kappa shape index (κ1) is 34.6. The standard InChI is InChI=1S/C32H44O14/c1-14-24(34)26(36)28(38)31(43-14)45-20-7-5-16(10-22(20)40-3)9-18-13-42-30(19(18)12-33)17-6-8-21(23(11-17)41-4)46-32-29(39)27(37)25(35)15(2)44-32/h5-8,10-11,14-15,18-19,24-39H,9,12-13H2,1-4H3/t14-,15+,18+,19+,24-,25+,26+,27-,28+,29-,30-,31-,32+/m1/s1. The Hall–Kier alpha value is -2.76. The Morgan fingerprint density at radius 2 is 1.20 bits per heavy atom. The van der Waals surface area contributed by atoms with Crippen LogP contribution in [0.5, 0.6) is 23.0 Å². The second-order valence-electron chi connectivity index (χ2n) is 12.1. The van der Waals surface area contributed by atoms with E-state index in [9.17, 15) is 35.7 Å². The molecule has 0 bridgehead atoms. The van der Waals surface area contributed by atoms with E-state index in [2.05, 4.69) is 0 Å². The van der Waals surface area contributed by atoms with Gasteiger partial charge >= 0.3 is 0 Å². The predicted molar refractivity (Wildman–Crippen MR) is 158 cm³/mol. The lowest BCUT2D eigenvalue weighted by molar-refractivity contribution is -0.268. The Kier molecular flexibility index (Phi) is 10.9. The lowest BCUT2D eigenvalue weighted by Crippen LogP contribution is -2.58. The van der Waals surface area contributed by atoms with E-state index < -0.39 is 67.5 Å². The van der Waals surface area contributed by atoms with Gasteiger partial charge in [-0.2, -0.15) is 0 Å². The fourth-order valence-corrected chi connectivity index (χ4v) is 6.19. The van der Waals surface area contributed by atoms with E-state index in [0.717, 1.165) is 11.1 Å². The van der Waals surface area contributed by atoms with Crippen LogP contribution in [0.1, 0.15) is 31.1 Å². The van der Waals surface area contributed by atoms with Crippen LogP contribution in [0, 0.1) is 11.8 Å². The average Bonchev–Trinajstić information content (AvgIpc) is 3.46. The summed E-state index contributed by atoms with van der Waals surface area (Å²) in [6.07, 6.45) is -12.2. The van der Waals surface area contributed by atoms with Crippen molar-refractivity contribution in [3.63, 3.8) is 0 Å². The molecule has 3 aliphatic heterocycles. The lowest BCUT2D eigenvalue weighted by Gasteiger charge is -2.39. The highest BCUT2D eigenvalue weighted by Crippen LogP contribution is 2.43.